The molecule has 0 aliphatic heterocycles. The molecule has 1 atom stereocenters. The maximum absolute atomic E-state index is 10.6. The summed E-state index contributed by atoms with van der Waals surface area (Å²) in [5.74, 6) is 0. The van der Waals surface area contributed by atoms with Gasteiger partial charge in [-0.05, 0) is 19.1 Å². The molecular weight excluding hydrogens is 182 g/mol. The Morgan fingerprint density at radius 1 is 1.64 bits per heavy atom. The smallest absolute Gasteiger partial charge is 0.274 e. The highest BCUT2D eigenvalue weighted by Gasteiger charge is 2.16. The minimum Gasteiger partial charge on any atom is -0.324 e. The molecule has 0 aliphatic carbocycles. The van der Waals surface area contributed by atoms with Crippen molar-refractivity contribution < 1.29 is 4.92 Å². The first-order chi connectivity index (χ1) is 6.56. The number of benzene rings is 1. The lowest BCUT2D eigenvalue weighted by Gasteiger charge is -2.06. The second-order valence-electron chi connectivity index (χ2n) is 2.93. The molecule has 0 spiro atoms. The lowest BCUT2D eigenvalue weighted by Crippen LogP contribution is -2.08. The van der Waals surface area contributed by atoms with Gasteiger partial charge in [-0.2, -0.15) is 5.26 Å². The molecule has 0 saturated carbocycles. The zero-order chi connectivity index (χ0) is 10.7. The second kappa shape index (κ2) is 3.85. The van der Waals surface area contributed by atoms with Crippen LogP contribution >= 0.6 is 0 Å². The van der Waals surface area contributed by atoms with Crippen molar-refractivity contribution in [2.45, 2.75) is 13.0 Å². The Morgan fingerprint density at radius 3 is 2.71 bits per heavy atom. The largest absolute Gasteiger partial charge is 0.324 e. The number of nitro benzene ring substituents is 1. The van der Waals surface area contributed by atoms with Crippen LogP contribution in [0.25, 0.3) is 0 Å². The van der Waals surface area contributed by atoms with Gasteiger partial charge in [-0.1, -0.05) is 0 Å². The first-order valence-electron chi connectivity index (χ1n) is 4.00. The third-order valence-electron chi connectivity index (χ3n) is 1.84. The number of nitro groups is 1. The van der Waals surface area contributed by atoms with E-state index in [1.807, 2.05) is 6.07 Å². The van der Waals surface area contributed by atoms with Crippen LogP contribution in [0.15, 0.2) is 18.2 Å². The van der Waals surface area contributed by atoms with Crippen LogP contribution in [0.1, 0.15) is 24.1 Å². The Bertz CT molecular complexity index is 407. The quantitative estimate of drug-likeness (QED) is 0.566. The number of rotatable bonds is 2. The van der Waals surface area contributed by atoms with E-state index in [1.54, 1.807) is 6.92 Å². The van der Waals surface area contributed by atoms with Gasteiger partial charge in [0.05, 0.1) is 16.6 Å². The first-order valence-corrected chi connectivity index (χ1v) is 4.00. The average molecular weight is 191 g/mol. The van der Waals surface area contributed by atoms with E-state index in [2.05, 4.69) is 0 Å². The van der Waals surface area contributed by atoms with Gasteiger partial charge in [-0.15, -0.1) is 0 Å². The third kappa shape index (κ3) is 1.87. The van der Waals surface area contributed by atoms with Crippen LogP contribution in [0.2, 0.25) is 0 Å². The van der Waals surface area contributed by atoms with Crippen LogP contribution in [0.4, 0.5) is 5.69 Å². The topological polar surface area (TPSA) is 93.0 Å². The molecule has 0 aliphatic rings. The Kier molecular flexibility index (Phi) is 2.79. The van der Waals surface area contributed by atoms with E-state index in [-0.39, 0.29) is 5.69 Å². The van der Waals surface area contributed by atoms with Crippen molar-refractivity contribution in [2.24, 2.45) is 5.73 Å². The minimum absolute atomic E-state index is 0.0426. The van der Waals surface area contributed by atoms with Crippen LogP contribution in [-0.4, -0.2) is 4.92 Å². The molecule has 5 nitrogen and oxygen atoms in total. The van der Waals surface area contributed by atoms with Crippen molar-refractivity contribution in [1.82, 2.24) is 0 Å². The van der Waals surface area contributed by atoms with E-state index < -0.39 is 11.0 Å². The van der Waals surface area contributed by atoms with Crippen LogP contribution in [-0.2, 0) is 0 Å². The van der Waals surface area contributed by atoms with Crippen LogP contribution in [0.5, 0.6) is 0 Å². The van der Waals surface area contributed by atoms with Gasteiger partial charge in [-0.25, -0.2) is 0 Å². The van der Waals surface area contributed by atoms with Crippen molar-refractivity contribution in [2.75, 3.05) is 0 Å². The van der Waals surface area contributed by atoms with Gasteiger partial charge in [0.2, 0.25) is 0 Å². The summed E-state index contributed by atoms with van der Waals surface area (Å²) < 4.78 is 0. The maximum Gasteiger partial charge on any atom is 0.274 e. The van der Waals surface area contributed by atoms with Gasteiger partial charge in [-0.3, -0.25) is 10.1 Å². The minimum atomic E-state index is -0.500. The number of nitrogens with zero attached hydrogens (tertiary/aromatic N) is 2. The predicted molar refractivity (Wildman–Crippen MR) is 50.4 cm³/mol. The van der Waals surface area contributed by atoms with Crippen LogP contribution in [0, 0.1) is 21.4 Å². The summed E-state index contributed by atoms with van der Waals surface area (Å²) in [5, 5.41) is 19.2. The summed E-state index contributed by atoms with van der Waals surface area (Å²) in [6.45, 7) is 1.64. The number of hydrogen-bond acceptors (Lipinski definition) is 4. The van der Waals surface area contributed by atoms with Gasteiger partial charge >= 0.3 is 0 Å². The zero-order valence-corrected chi connectivity index (χ0v) is 7.60. The van der Waals surface area contributed by atoms with Crippen molar-refractivity contribution in [3.05, 3.63) is 39.4 Å². The summed E-state index contributed by atoms with van der Waals surface area (Å²) in [6.07, 6.45) is 0. The molecule has 1 unspecified atom stereocenters. The SMILES string of the molecule is CC(N)c1cc(C#N)ccc1[N+](=O)[O-]. The predicted octanol–water partition coefficient (Wildman–Crippen LogP) is 1.49. The van der Waals surface area contributed by atoms with Crippen LogP contribution in [0.3, 0.4) is 0 Å². The van der Waals surface area contributed by atoms with E-state index in [0.29, 0.717) is 11.1 Å². The lowest BCUT2D eigenvalue weighted by atomic mass is 10.0. The molecule has 72 valence electrons. The summed E-state index contributed by atoms with van der Waals surface area (Å²) in [5.41, 5.74) is 6.28. The molecule has 2 N–H and O–H groups in total. The van der Waals surface area contributed by atoms with Gasteiger partial charge in [0.1, 0.15) is 0 Å². The molecule has 1 aromatic carbocycles. The molecular formula is C9H9N3O2. The third-order valence-corrected chi connectivity index (χ3v) is 1.84. The fourth-order valence-corrected chi connectivity index (χ4v) is 1.16. The molecule has 0 aromatic heterocycles. The van der Waals surface area contributed by atoms with E-state index in [1.165, 1.54) is 18.2 Å². The van der Waals surface area contributed by atoms with Crippen molar-refractivity contribution in [3.63, 3.8) is 0 Å². The molecule has 1 aromatic rings. The number of hydrogen-bond donors (Lipinski definition) is 1. The average Bonchev–Trinajstić information content (AvgIpc) is 2.16. The lowest BCUT2D eigenvalue weighted by molar-refractivity contribution is -0.385. The highest BCUT2D eigenvalue weighted by atomic mass is 16.6. The Morgan fingerprint density at radius 2 is 2.29 bits per heavy atom. The van der Waals surface area contributed by atoms with E-state index >= 15 is 0 Å². The second-order valence-corrected chi connectivity index (χ2v) is 2.93. The van der Waals surface area contributed by atoms with Gasteiger partial charge in [0.25, 0.3) is 5.69 Å². The van der Waals surface area contributed by atoms with Gasteiger partial charge < -0.3 is 5.73 Å². The molecule has 0 fully saturated rings. The summed E-state index contributed by atoms with van der Waals surface area (Å²) in [7, 11) is 0. The fraction of sp³-hybridized carbons (Fsp3) is 0.222. The van der Waals surface area contributed by atoms with Crippen LogP contribution < -0.4 is 5.73 Å². The summed E-state index contributed by atoms with van der Waals surface area (Å²) >= 11 is 0. The normalized spacial score (nSPS) is 11.8. The molecule has 0 radical (unpaired) electrons. The summed E-state index contributed by atoms with van der Waals surface area (Å²) in [6, 6.07) is 5.61. The first kappa shape index (κ1) is 10.2. The standard InChI is InChI=1S/C9H9N3O2/c1-6(11)8-4-7(5-10)2-3-9(8)12(13)14/h2-4,6H,11H2,1H3. The number of nitriles is 1. The Balaban J connectivity index is 3.33. The molecule has 0 heterocycles. The molecule has 14 heavy (non-hydrogen) atoms. The maximum atomic E-state index is 10.6. The molecule has 0 saturated heterocycles. The molecule has 1 rings (SSSR count). The van der Waals surface area contributed by atoms with E-state index in [9.17, 15) is 10.1 Å². The number of nitrogens with two attached hydrogens (primary N) is 1. The highest BCUT2D eigenvalue weighted by molar-refractivity contribution is 5.47. The monoisotopic (exact) mass is 191 g/mol. The molecule has 0 amide bonds. The van der Waals surface area contributed by atoms with Gasteiger partial charge in [0.15, 0.2) is 0 Å². The highest BCUT2D eigenvalue weighted by Crippen LogP contribution is 2.24. The molecule has 0 bridgehead atoms. The van der Waals surface area contributed by atoms with Crippen molar-refractivity contribution in [3.8, 4) is 6.07 Å². The van der Waals surface area contributed by atoms with Gasteiger partial charge in [0, 0.05) is 17.7 Å². The molecule has 5 heteroatoms. The van der Waals surface area contributed by atoms with Crippen molar-refractivity contribution in [1.29, 1.82) is 5.26 Å². The zero-order valence-electron chi connectivity index (χ0n) is 7.60. The Hall–Kier alpha value is -1.93. The summed E-state index contributed by atoms with van der Waals surface area (Å²) in [4.78, 5) is 10.1. The Labute approximate surface area is 80.9 Å². The fourth-order valence-electron chi connectivity index (χ4n) is 1.16. The van der Waals surface area contributed by atoms with Crippen molar-refractivity contribution >= 4 is 5.69 Å². The van der Waals surface area contributed by atoms with E-state index in [0.717, 1.165) is 0 Å². The van der Waals surface area contributed by atoms with E-state index in [4.69, 9.17) is 11.0 Å².